The van der Waals surface area contributed by atoms with Gasteiger partial charge in [0.1, 0.15) is 0 Å². The molecule has 0 aromatic heterocycles. The van der Waals surface area contributed by atoms with Gasteiger partial charge in [-0.15, -0.1) is 12.4 Å². The highest BCUT2D eigenvalue weighted by Crippen LogP contribution is 2.42. The molecule has 0 aliphatic heterocycles. The lowest BCUT2D eigenvalue weighted by molar-refractivity contribution is -0.143. The summed E-state index contributed by atoms with van der Waals surface area (Å²) < 4.78 is 0. The van der Waals surface area contributed by atoms with Gasteiger partial charge in [0.2, 0.25) is 0 Å². The lowest BCUT2D eigenvalue weighted by Crippen LogP contribution is -2.38. The van der Waals surface area contributed by atoms with Gasteiger partial charge >= 0.3 is 5.97 Å². The lowest BCUT2D eigenvalue weighted by atomic mass is 9.90. The Kier molecular flexibility index (Phi) is 2.44. The van der Waals surface area contributed by atoms with E-state index in [4.69, 9.17) is 10.8 Å². The molecule has 1 saturated carbocycles. The minimum atomic E-state index is -0.741. The van der Waals surface area contributed by atoms with E-state index in [0.717, 1.165) is 6.42 Å². The van der Waals surface area contributed by atoms with Crippen LogP contribution in [0.3, 0.4) is 0 Å². The zero-order valence-electron chi connectivity index (χ0n) is 6.51. The van der Waals surface area contributed by atoms with Crippen molar-refractivity contribution in [3.63, 3.8) is 0 Å². The van der Waals surface area contributed by atoms with Crippen molar-refractivity contribution in [2.75, 3.05) is 0 Å². The maximum atomic E-state index is 10.7. The Balaban J connectivity index is 0.000000720. The molecule has 2 aliphatic carbocycles. The molecular formula is C8H12ClNO2. The zero-order valence-corrected chi connectivity index (χ0v) is 7.33. The Hall–Kier alpha value is -0.540. The van der Waals surface area contributed by atoms with Gasteiger partial charge in [0.05, 0.1) is 5.92 Å². The van der Waals surface area contributed by atoms with Crippen LogP contribution in [0.1, 0.15) is 6.42 Å². The number of fused-ring (bicyclic) bond motifs is 2. The lowest BCUT2D eigenvalue weighted by Gasteiger charge is -2.19. The second-order valence-electron chi connectivity index (χ2n) is 3.39. The van der Waals surface area contributed by atoms with E-state index in [-0.39, 0.29) is 30.3 Å². The molecule has 12 heavy (non-hydrogen) atoms. The van der Waals surface area contributed by atoms with Crippen LogP contribution in [0, 0.1) is 17.8 Å². The van der Waals surface area contributed by atoms with Crippen molar-refractivity contribution in [1.29, 1.82) is 0 Å². The molecule has 0 unspecified atom stereocenters. The summed E-state index contributed by atoms with van der Waals surface area (Å²) in [5.41, 5.74) is 5.73. The maximum Gasteiger partial charge on any atom is 0.308 e. The van der Waals surface area contributed by atoms with E-state index in [9.17, 15) is 4.79 Å². The van der Waals surface area contributed by atoms with Crippen LogP contribution in [0.15, 0.2) is 12.2 Å². The summed E-state index contributed by atoms with van der Waals surface area (Å²) in [4.78, 5) is 10.7. The highest BCUT2D eigenvalue weighted by molar-refractivity contribution is 5.85. The van der Waals surface area contributed by atoms with Crippen LogP contribution >= 0.6 is 12.4 Å². The van der Waals surface area contributed by atoms with Gasteiger partial charge in [-0.1, -0.05) is 12.2 Å². The van der Waals surface area contributed by atoms with Crippen molar-refractivity contribution in [3.8, 4) is 0 Å². The molecule has 0 aromatic rings. The second kappa shape index (κ2) is 3.07. The van der Waals surface area contributed by atoms with Gasteiger partial charge in [-0.2, -0.15) is 0 Å². The molecule has 0 aromatic carbocycles. The molecule has 0 heterocycles. The number of carbonyl (C=O) groups is 1. The molecule has 0 amide bonds. The Morgan fingerprint density at radius 3 is 2.33 bits per heavy atom. The molecule has 4 atom stereocenters. The van der Waals surface area contributed by atoms with Crippen LogP contribution < -0.4 is 5.73 Å². The van der Waals surface area contributed by atoms with E-state index < -0.39 is 5.97 Å². The standard InChI is InChI=1S/C8H11NO2.ClH/c9-7-5-2-1-4(3-5)6(7)8(10)11;/h1-2,4-7H,3,9H2,(H,10,11);1H/t4-,5+,6+,7-;/m0./s1. The van der Waals surface area contributed by atoms with Gasteiger partial charge in [0.15, 0.2) is 0 Å². The Labute approximate surface area is 77.0 Å². The normalized spacial score (nSPS) is 42.8. The summed E-state index contributed by atoms with van der Waals surface area (Å²) in [6.07, 6.45) is 4.99. The molecule has 4 heteroatoms. The van der Waals surface area contributed by atoms with Gasteiger partial charge in [0, 0.05) is 6.04 Å². The average Bonchev–Trinajstić information content (AvgIpc) is 2.44. The minimum Gasteiger partial charge on any atom is -0.481 e. The van der Waals surface area contributed by atoms with Gasteiger partial charge in [-0.25, -0.2) is 0 Å². The third-order valence-electron chi connectivity index (χ3n) is 2.81. The van der Waals surface area contributed by atoms with E-state index in [1.165, 1.54) is 0 Å². The van der Waals surface area contributed by atoms with E-state index in [1.54, 1.807) is 0 Å². The summed E-state index contributed by atoms with van der Waals surface area (Å²) >= 11 is 0. The SMILES string of the molecule is Cl.N[C@@H]1[C@H](C(=O)O)[C@H]2C=C[C@@H]1C2. The Morgan fingerprint density at radius 1 is 1.42 bits per heavy atom. The average molecular weight is 190 g/mol. The maximum absolute atomic E-state index is 10.7. The number of hydrogen-bond donors (Lipinski definition) is 2. The third kappa shape index (κ3) is 1.13. The smallest absolute Gasteiger partial charge is 0.308 e. The highest BCUT2D eigenvalue weighted by Gasteiger charge is 2.46. The number of allylic oxidation sites excluding steroid dienone is 1. The summed E-state index contributed by atoms with van der Waals surface area (Å²) in [5.74, 6) is -0.548. The summed E-state index contributed by atoms with van der Waals surface area (Å²) in [5, 5.41) is 8.79. The van der Waals surface area contributed by atoms with Crippen LogP contribution in [-0.4, -0.2) is 17.1 Å². The van der Waals surface area contributed by atoms with Crippen molar-refractivity contribution in [2.24, 2.45) is 23.5 Å². The number of carboxylic acid groups (broad SMARTS) is 1. The third-order valence-corrected chi connectivity index (χ3v) is 2.81. The molecule has 68 valence electrons. The van der Waals surface area contributed by atoms with E-state index in [0.29, 0.717) is 5.92 Å². The number of halogens is 1. The van der Waals surface area contributed by atoms with Gasteiger partial charge in [-0.3, -0.25) is 4.79 Å². The molecule has 3 N–H and O–H groups in total. The summed E-state index contributed by atoms with van der Waals surface area (Å²) in [7, 11) is 0. The van der Waals surface area contributed by atoms with Crippen LogP contribution in [0.4, 0.5) is 0 Å². The molecule has 1 fully saturated rings. The summed E-state index contributed by atoms with van der Waals surface area (Å²) in [6, 6.07) is -0.150. The van der Waals surface area contributed by atoms with Crippen LogP contribution in [-0.2, 0) is 4.79 Å². The van der Waals surface area contributed by atoms with Gasteiger partial charge < -0.3 is 10.8 Å². The highest BCUT2D eigenvalue weighted by atomic mass is 35.5. The van der Waals surface area contributed by atoms with Crippen LogP contribution in [0.5, 0.6) is 0 Å². The molecule has 2 rings (SSSR count). The van der Waals surface area contributed by atoms with E-state index in [1.807, 2.05) is 6.08 Å². The van der Waals surface area contributed by atoms with Crippen LogP contribution in [0.2, 0.25) is 0 Å². The fourth-order valence-corrected chi connectivity index (χ4v) is 2.21. The molecular weight excluding hydrogens is 178 g/mol. The molecule has 0 spiro atoms. The first-order valence-corrected chi connectivity index (χ1v) is 3.87. The van der Waals surface area contributed by atoms with Crippen molar-refractivity contribution < 1.29 is 9.90 Å². The predicted octanol–water partition coefficient (Wildman–Crippen LogP) is 0.642. The molecule has 0 radical (unpaired) electrons. The van der Waals surface area contributed by atoms with Crippen molar-refractivity contribution in [1.82, 2.24) is 0 Å². The van der Waals surface area contributed by atoms with E-state index >= 15 is 0 Å². The van der Waals surface area contributed by atoms with Crippen LogP contribution in [0.25, 0.3) is 0 Å². The molecule has 3 nitrogen and oxygen atoms in total. The fraction of sp³-hybridized carbons (Fsp3) is 0.625. The first-order chi connectivity index (χ1) is 5.20. The molecule has 0 saturated heterocycles. The zero-order chi connectivity index (χ0) is 8.01. The number of aliphatic carboxylic acids is 1. The fourth-order valence-electron chi connectivity index (χ4n) is 2.21. The topological polar surface area (TPSA) is 63.3 Å². The monoisotopic (exact) mass is 189 g/mol. The first-order valence-electron chi connectivity index (χ1n) is 3.87. The first kappa shape index (κ1) is 9.55. The Morgan fingerprint density at radius 2 is 2.00 bits per heavy atom. The predicted molar refractivity (Wildman–Crippen MR) is 47.1 cm³/mol. The molecule has 2 bridgehead atoms. The number of nitrogens with two attached hydrogens (primary N) is 1. The van der Waals surface area contributed by atoms with Crippen molar-refractivity contribution in [2.45, 2.75) is 12.5 Å². The van der Waals surface area contributed by atoms with Crippen molar-refractivity contribution in [3.05, 3.63) is 12.2 Å². The minimum absolute atomic E-state index is 0. The van der Waals surface area contributed by atoms with E-state index in [2.05, 4.69) is 6.08 Å². The Bertz CT molecular complexity index is 229. The number of carboxylic acids is 1. The number of rotatable bonds is 1. The second-order valence-corrected chi connectivity index (χ2v) is 3.39. The molecule has 2 aliphatic rings. The summed E-state index contributed by atoms with van der Waals surface area (Å²) in [6.45, 7) is 0. The largest absolute Gasteiger partial charge is 0.481 e. The van der Waals surface area contributed by atoms with Gasteiger partial charge in [0.25, 0.3) is 0 Å². The van der Waals surface area contributed by atoms with Crippen molar-refractivity contribution >= 4 is 18.4 Å². The number of hydrogen-bond acceptors (Lipinski definition) is 2. The quantitative estimate of drug-likeness (QED) is 0.596. The van der Waals surface area contributed by atoms with Gasteiger partial charge in [-0.05, 0) is 18.3 Å².